The third kappa shape index (κ3) is 4.90. The van der Waals surface area contributed by atoms with Crippen LogP contribution in [0.3, 0.4) is 0 Å². The van der Waals surface area contributed by atoms with Crippen molar-refractivity contribution in [1.82, 2.24) is 19.6 Å². The fourth-order valence-corrected chi connectivity index (χ4v) is 4.89. The van der Waals surface area contributed by atoms with Crippen molar-refractivity contribution >= 4 is 40.5 Å². The van der Waals surface area contributed by atoms with Crippen LogP contribution in [0.15, 0.2) is 17.5 Å². The molecule has 0 radical (unpaired) electrons. The number of carbonyl (C=O) groups excluding carboxylic acids is 2. The first-order valence-corrected chi connectivity index (χ1v) is 11.4. The molecule has 1 atom stereocenters. The van der Waals surface area contributed by atoms with Gasteiger partial charge < -0.3 is 9.80 Å². The van der Waals surface area contributed by atoms with Crippen LogP contribution in [0.1, 0.15) is 42.3 Å². The quantitative estimate of drug-likeness (QED) is 0.476. The molecule has 0 aliphatic carbocycles. The van der Waals surface area contributed by atoms with Gasteiger partial charge in [0.15, 0.2) is 5.11 Å². The Balaban J connectivity index is 1.26. The maximum Gasteiger partial charge on any atom is 0.264 e. The van der Waals surface area contributed by atoms with Crippen LogP contribution in [0.25, 0.3) is 0 Å². The molecule has 8 heteroatoms. The molecule has 0 N–H and O–H groups in total. The van der Waals surface area contributed by atoms with Gasteiger partial charge in [-0.15, -0.1) is 11.3 Å². The predicted molar refractivity (Wildman–Crippen MR) is 117 cm³/mol. The molecule has 2 amide bonds. The van der Waals surface area contributed by atoms with E-state index in [4.69, 9.17) is 12.2 Å². The van der Waals surface area contributed by atoms with Gasteiger partial charge in [0.25, 0.3) is 11.8 Å². The van der Waals surface area contributed by atoms with E-state index in [2.05, 4.69) is 4.90 Å². The van der Waals surface area contributed by atoms with Crippen molar-refractivity contribution in [2.75, 3.05) is 46.3 Å². The molecule has 0 bridgehead atoms. The first kappa shape index (κ1) is 21.2. The number of rotatable bonds is 8. The number of thiocarbonyl (C=S) groups is 1. The average Bonchev–Trinajstić information content (AvgIpc) is 3.31. The minimum Gasteiger partial charge on any atom is -0.337 e. The molecular weight excluding hydrogens is 392 g/mol. The number of likely N-dealkylation sites (N-methyl/N-ethyl adjacent to an activating group) is 1. The number of hydrogen-bond acceptors (Lipinski definition) is 5. The van der Waals surface area contributed by atoms with Gasteiger partial charge in [-0.3, -0.25) is 19.4 Å². The summed E-state index contributed by atoms with van der Waals surface area (Å²) in [6.45, 7) is 7.46. The number of thiophene rings is 1. The molecule has 3 rings (SSSR count). The summed E-state index contributed by atoms with van der Waals surface area (Å²) in [7, 11) is 1.76. The summed E-state index contributed by atoms with van der Waals surface area (Å²) in [5, 5.41) is 2.62. The van der Waals surface area contributed by atoms with E-state index in [1.54, 1.807) is 11.9 Å². The van der Waals surface area contributed by atoms with Crippen molar-refractivity contribution in [3.63, 3.8) is 0 Å². The lowest BCUT2D eigenvalue weighted by molar-refractivity contribution is -0.126. The van der Waals surface area contributed by atoms with E-state index in [0.717, 1.165) is 57.0 Å². The Hall–Kier alpha value is -1.51. The van der Waals surface area contributed by atoms with Crippen LogP contribution < -0.4 is 0 Å². The van der Waals surface area contributed by atoms with Crippen LogP contribution in [0.5, 0.6) is 0 Å². The fourth-order valence-electron chi connectivity index (χ4n) is 3.86. The van der Waals surface area contributed by atoms with E-state index in [0.29, 0.717) is 5.11 Å². The topological polar surface area (TPSA) is 47.1 Å². The maximum atomic E-state index is 12.4. The molecule has 2 fully saturated rings. The van der Waals surface area contributed by atoms with Crippen LogP contribution in [0, 0.1) is 0 Å². The highest BCUT2D eigenvalue weighted by molar-refractivity contribution is 7.80. The Morgan fingerprint density at radius 1 is 1.14 bits per heavy atom. The van der Waals surface area contributed by atoms with E-state index >= 15 is 0 Å². The largest absolute Gasteiger partial charge is 0.337 e. The SMILES string of the molecule is CC1C(=O)N(C)C(=S)N1CCCCCCN1CCN(C(=O)c2cccs2)CC1. The van der Waals surface area contributed by atoms with Crippen LogP contribution in [0.4, 0.5) is 0 Å². The normalized spacial score (nSPS) is 21.1. The van der Waals surface area contributed by atoms with Crippen LogP contribution in [0.2, 0.25) is 0 Å². The Bertz CT molecular complexity index is 686. The highest BCUT2D eigenvalue weighted by Gasteiger charge is 2.36. The minimum atomic E-state index is -0.120. The summed E-state index contributed by atoms with van der Waals surface area (Å²) in [5.41, 5.74) is 0. The second kappa shape index (κ2) is 9.80. The Kier molecular flexibility index (Phi) is 7.42. The van der Waals surface area contributed by atoms with Gasteiger partial charge in [0.2, 0.25) is 0 Å². The monoisotopic (exact) mass is 422 g/mol. The average molecular weight is 423 g/mol. The number of amides is 2. The standard InChI is InChI=1S/C20H30N4O2S2/c1-16-18(25)21(2)20(27)24(16)10-6-4-3-5-9-22-11-13-23(14-12-22)19(26)17-8-7-15-28-17/h7-8,15-16H,3-6,9-14H2,1-2H3. The van der Waals surface area contributed by atoms with Gasteiger partial charge in [0.05, 0.1) is 4.88 Å². The number of hydrogen-bond donors (Lipinski definition) is 0. The Morgan fingerprint density at radius 2 is 1.82 bits per heavy atom. The summed E-state index contributed by atoms with van der Waals surface area (Å²) in [4.78, 5) is 33.2. The molecule has 1 unspecified atom stereocenters. The summed E-state index contributed by atoms with van der Waals surface area (Å²) < 4.78 is 0. The number of unbranched alkanes of at least 4 members (excludes halogenated alkanes) is 3. The van der Waals surface area contributed by atoms with Crippen molar-refractivity contribution in [2.24, 2.45) is 0 Å². The zero-order valence-electron chi connectivity index (χ0n) is 16.8. The van der Waals surface area contributed by atoms with Crippen molar-refractivity contribution in [3.05, 3.63) is 22.4 Å². The van der Waals surface area contributed by atoms with E-state index < -0.39 is 0 Å². The van der Waals surface area contributed by atoms with Gasteiger partial charge in [-0.2, -0.15) is 0 Å². The van der Waals surface area contributed by atoms with Crippen LogP contribution in [-0.2, 0) is 4.79 Å². The Morgan fingerprint density at radius 3 is 2.39 bits per heavy atom. The highest BCUT2D eigenvalue weighted by Crippen LogP contribution is 2.17. The second-order valence-corrected chi connectivity index (χ2v) is 8.89. The number of carbonyl (C=O) groups is 2. The van der Waals surface area contributed by atoms with Gasteiger partial charge in [-0.25, -0.2) is 0 Å². The highest BCUT2D eigenvalue weighted by atomic mass is 32.1. The minimum absolute atomic E-state index is 0.0988. The van der Waals surface area contributed by atoms with E-state index in [1.807, 2.05) is 34.2 Å². The first-order valence-electron chi connectivity index (χ1n) is 10.1. The number of piperazine rings is 1. The van der Waals surface area contributed by atoms with Gasteiger partial charge in [-0.05, 0) is 50.0 Å². The van der Waals surface area contributed by atoms with Gasteiger partial charge in [0, 0.05) is 39.8 Å². The Labute approximate surface area is 177 Å². The van der Waals surface area contributed by atoms with Crippen LogP contribution in [-0.4, -0.2) is 88.9 Å². The molecular formula is C20H30N4O2S2. The summed E-state index contributed by atoms with van der Waals surface area (Å²) >= 11 is 6.87. The molecule has 2 saturated heterocycles. The lowest BCUT2D eigenvalue weighted by Gasteiger charge is -2.34. The van der Waals surface area contributed by atoms with E-state index in [9.17, 15) is 9.59 Å². The molecule has 154 valence electrons. The van der Waals surface area contributed by atoms with Gasteiger partial charge >= 0.3 is 0 Å². The van der Waals surface area contributed by atoms with Gasteiger partial charge in [-0.1, -0.05) is 18.9 Å². The lowest BCUT2D eigenvalue weighted by Crippen LogP contribution is -2.48. The molecule has 1 aromatic heterocycles. The smallest absolute Gasteiger partial charge is 0.264 e. The summed E-state index contributed by atoms with van der Waals surface area (Å²) in [6, 6.07) is 3.72. The molecule has 1 aromatic rings. The van der Waals surface area contributed by atoms with Gasteiger partial charge in [0.1, 0.15) is 6.04 Å². The molecule has 0 aromatic carbocycles. The third-order valence-electron chi connectivity index (χ3n) is 5.70. The van der Waals surface area contributed by atoms with Crippen molar-refractivity contribution in [1.29, 1.82) is 0 Å². The van der Waals surface area contributed by atoms with Crippen molar-refractivity contribution in [3.8, 4) is 0 Å². The zero-order chi connectivity index (χ0) is 20.1. The first-order chi connectivity index (χ1) is 13.5. The van der Waals surface area contributed by atoms with Crippen molar-refractivity contribution < 1.29 is 9.59 Å². The van der Waals surface area contributed by atoms with Crippen molar-refractivity contribution in [2.45, 2.75) is 38.6 Å². The number of nitrogens with zero attached hydrogens (tertiary/aromatic N) is 4. The molecule has 3 heterocycles. The lowest BCUT2D eigenvalue weighted by atomic mass is 10.1. The van der Waals surface area contributed by atoms with E-state index in [-0.39, 0.29) is 17.9 Å². The molecule has 2 aliphatic heterocycles. The molecule has 28 heavy (non-hydrogen) atoms. The fraction of sp³-hybridized carbons (Fsp3) is 0.650. The molecule has 2 aliphatic rings. The second-order valence-electron chi connectivity index (χ2n) is 7.57. The predicted octanol–water partition coefficient (Wildman–Crippen LogP) is 2.51. The molecule has 0 saturated carbocycles. The zero-order valence-corrected chi connectivity index (χ0v) is 18.4. The maximum absolute atomic E-state index is 12.4. The molecule has 6 nitrogen and oxygen atoms in total. The molecule has 0 spiro atoms. The van der Waals surface area contributed by atoms with E-state index in [1.165, 1.54) is 24.2 Å². The summed E-state index contributed by atoms with van der Waals surface area (Å²) in [5.74, 6) is 0.273. The summed E-state index contributed by atoms with van der Waals surface area (Å²) in [6.07, 6.45) is 4.58. The third-order valence-corrected chi connectivity index (χ3v) is 7.07. The van der Waals surface area contributed by atoms with Crippen LogP contribution >= 0.6 is 23.6 Å².